The summed E-state index contributed by atoms with van der Waals surface area (Å²) >= 11 is 1.83. The van der Waals surface area contributed by atoms with Crippen LogP contribution in [-0.4, -0.2) is 5.75 Å². The summed E-state index contributed by atoms with van der Waals surface area (Å²) in [6, 6.07) is 5.26. The number of hydrogen-bond acceptors (Lipinski definition) is 2. The first-order valence-corrected chi connectivity index (χ1v) is 7.03. The standard InChI is InChI=1S/C13H18FNS/c14-13-11(6-3-7-12(13)15)9-16-8-10-4-1-2-5-10/h3,6-7,10H,1-2,4-5,8-9,15H2. The average molecular weight is 239 g/mol. The third-order valence-corrected chi connectivity index (χ3v) is 4.42. The first-order chi connectivity index (χ1) is 7.77. The van der Waals surface area contributed by atoms with Gasteiger partial charge in [0.25, 0.3) is 0 Å². The van der Waals surface area contributed by atoms with E-state index >= 15 is 0 Å². The van der Waals surface area contributed by atoms with Crippen molar-refractivity contribution in [2.75, 3.05) is 11.5 Å². The van der Waals surface area contributed by atoms with Gasteiger partial charge in [0.2, 0.25) is 0 Å². The summed E-state index contributed by atoms with van der Waals surface area (Å²) in [4.78, 5) is 0. The average Bonchev–Trinajstić information content (AvgIpc) is 2.77. The van der Waals surface area contributed by atoms with Crippen LogP contribution in [0.3, 0.4) is 0 Å². The summed E-state index contributed by atoms with van der Waals surface area (Å²) in [6.07, 6.45) is 5.45. The lowest BCUT2D eigenvalue weighted by Gasteiger charge is -2.09. The van der Waals surface area contributed by atoms with Gasteiger partial charge in [-0.15, -0.1) is 0 Å². The molecule has 0 atom stereocenters. The molecule has 0 saturated heterocycles. The van der Waals surface area contributed by atoms with Crippen molar-refractivity contribution in [1.82, 2.24) is 0 Å². The highest BCUT2D eigenvalue weighted by Gasteiger charge is 2.15. The van der Waals surface area contributed by atoms with E-state index < -0.39 is 0 Å². The van der Waals surface area contributed by atoms with Crippen LogP contribution in [-0.2, 0) is 5.75 Å². The molecule has 0 heterocycles. The number of thioether (sulfide) groups is 1. The Hall–Kier alpha value is -0.700. The summed E-state index contributed by atoms with van der Waals surface area (Å²) in [5, 5.41) is 0. The van der Waals surface area contributed by atoms with E-state index in [1.54, 1.807) is 6.07 Å². The third-order valence-electron chi connectivity index (χ3n) is 3.19. The largest absolute Gasteiger partial charge is 0.396 e. The molecule has 1 aromatic carbocycles. The summed E-state index contributed by atoms with van der Waals surface area (Å²) in [6.45, 7) is 0. The van der Waals surface area contributed by atoms with Gasteiger partial charge in [-0.25, -0.2) is 4.39 Å². The van der Waals surface area contributed by atoms with E-state index in [0.717, 1.165) is 23.0 Å². The minimum Gasteiger partial charge on any atom is -0.396 e. The van der Waals surface area contributed by atoms with Crippen LogP contribution in [0.1, 0.15) is 31.2 Å². The molecule has 0 amide bonds. The SMILES string of the molecule is Nc1cccc(CSCC2CCCC2)c1F. The Labute approximate surface area is 101 Å². The second-order valence-corrected chi connectivity index (χ2v) is 5.52. The Bertz CT molecular complexity index is 348. The molecule has 2 rings (SSSR count). The molecule has 1 aliphatic rings. The van der Waals surface area contributed by atoms with Crippen LogP contribution < -0.4 is 5.73 Å². The number of nitrogens with two attached hydrogens (primary N) is 1. The summed E-state index contributed by atoms with van der Waals surface area (Å²) < 4.78 is 13.6. The summed E-state index contributed by atoms with van der Waals surface area (Å²) in [7, 11) is 0. The minimum atomic E-state index is -0.235. The van der Waals surface area contributed by atoms with E-state index in [4.69, 9.17) is 5.73 Å². The van der Waals surface area contributed by atoms with E-state index in [1.165, 1.54) is 25.7 Å². The number of benzene rings is 1. The molecule has 0 radical (unpaired) electrons. The fourth-order valence-electron chi connectivity index (χ4n) is 2.22. The molecule has 0 spiro atoms. The normalized spacial score (nSPS) is 16.8. The molecule has 0 unspecified atom stereocenters. The Morgan fingerprint density at radius 3 is 2.81 bits per heavy atom. The molecule has 0 bridgehead atoms. The van der Waals surface area contributed by atoms with Gasteiger partial charge in [-0.3, -0.25) is 0 Å². The Morgan fingerprint density at radius 1 is 1.31 bits per heavy atom. The van der Waals surface area contributed by atoms with E-state index in [2.05, 4.69) is 0 Å². The van der Waals surface area contributed by atoms with Crippen molar-refractivity contribution in [2.45, 2.75) is 31.4 Å². The Balaban J connectivity index is 1.82. The first-order valence-electron chi connectivity index (χ1n) is 5.88. The molecule has 1 aliphatic carbocycles. The van der Waals surface area contributed by atoms with E-state index in [0.29, 0.717) is 0 Å². The highest BCUT2D eigenvalue weighted by atomic mass is 32.2. The molecular weight excluding hydrogens is 221 g/mol. The first kappa shape index (κ1) is 11.8. The van der Waals surface area contributed by atoms with Gasteiger partial charge in [0.05, 0.1) is 5.69 Å². The van der Waals surface area contributed by atoms with Crippen LogP contribution >= 0.6 is 11.8 Å². The van der Waals surface area contributed by atoms with Crippen molar-refractivity contribution in [2.24, 2.45) is 5.92 Å². The molecule has 0 aliphatic heterocycles. The van der Waals surface area contributed by atoms with Gasteiger partial charge in [0.1, 0.15) is 5.82 Å². The van der Waals surface area contributed by atoms with E-state index in [-0.39, 0.29) is 11.5 Å². The van der Waals surface area contributed by atoms with Gasteiger partial charge in [-0.2, -0.15) is 11.8 Å². The van der Waals surface area contributed by atoms with Crippen molar-refractivity contribution in [3.8, 4) is 0 Å². The predicted molar refractivity (Wildman–Crippen MR) is 68.9 cm³/mol. The summed E-state index contributed by atoms with van der Waals surface area (Å²) in [5.41, 5.74) is 6.53. The van der Waals surface area contributed by atoms with Crippen molar-refractivity contribution < 1.29 is 4.39 Å². The highest BCUT2D eigenvalue weighted by Crippen LogP contribution is 2.29. The number of rotatable bonds is 4. The smallest absolute Gasteiger partial charge is 0.150 e. The lowest BCUT2D eigenvalue weighted by Crippen LogP contribution is -1.99. The zero-order chi connectivity index (χ0) is 11.4. The number of hydrogen-bond donors (Lipinski definition) is 1. The molecule has 2 N–H and O–H groups in total. The summed E-state index contributed by atoms with van der Waals surface area (Å²) in [5.74, 6) is 2.53. The highest BCUT2D eigenvalue weighted by molar-refractivity contribution is 7.98. The van der Waals surface area contributed by atoms with Crippen LogP contribution in [0, 0.1) is 11.7 Å². The maximum absolute atomic E-state index is 13.6. The topological polar surface area (TPSA) is 26.0 Å². The fraction of sp³-hybridized carbons (Fsp3) is 0.538. The van der Waals surface area contributed by atoms with Gasteiger partial charge < -0.3 is 5.73 Å². The predicted octanol–water partition coefficient (Wildman–Crippen LogP) is 3.83. The Morgan fingerprint density at radius 2 is 2.06 bits per heavy atom. The van der Waals surface area contributed by atoms with Gasteiger partial charge in [0.15, 0.2) is 0 Å². The van der Waals surface area contributed by atoms with Crippen LogP contribution in [0.25, 0.3) is 0 Å². The molecule has 1 aromatic rings. The lowest BCUT2D eigenvalue weighted by atomic mass is 10.1. The van der Waals surface area contributed by atoms with Crippen LogP contribution in [0.2, 0.25) is 0 Å². The van der Waals surface area contributed by atoms with Crippen molar-refractivity contribution in [3.63, 3.8) is 0 Å². The third kappa shape index (κ3) is 2.91. The zero-order valence-electron chi connectivity index (χ0n) is 9.42. The molecule has 1 fully saturated rings. The molecular formula is C13H18FNS. The molecule has 88 valence electrons. The Kier molecular flexibility index (Phi) is 4.10. The fourth-order valence-corrected chi connectivity index (χ4v) is 3.45. The van der Waals surface area contributed by atoms with Gasteiger partial charge >= 0.3 is 0 Å². The molecule has 1 saturated carbocycles. The van der Waals surface area contributed by atoms with Gasteiger partial charge in [0, 0.05) is 5.75 Å². The van der Waals surface area contributed by atoms with Crippen LogP contribution in [0.5, 0.6) is 0 Å². The van der Waals surface area contributed by atoms with Crippen molar-refractivity contribution in [3.05, 3.63) is 29.6 Å². The van der Waals surface area contributed by atoms with E-state index in [9.17, 15) is 4.39 Å². The minimum absolute atomic E-state index is 0.235. The second kappa shape index (κ2) is 5.58. The van der Waals surface area contributed by atoms with Crippen molar-refractivity contribution in [1.29, 1.82) is 0 Å². The van der Waals surface area contributed by atoms with Crippen LogP contribution in [0.15, 0.2) is 18.2 Å². The van der Waals surface area contributed by atoms with Crippen molar-refractivity contribution >= 4 is 17.4 Å². The maximum atomic E-state index is 13.6. The monoisotopic (exact) mass is 239 g/mol. The van der Waals surface area contributed by atoms with Gasteiger partial charge in [-0.1, -0.05) is 25.0 Å². The number of anilines is 1. The second-order valence-electron chi connectivity index (χ2n) is 4.49. The molecule has 16 heavy (non-hydrogen) atoms. The molecule has 3 heteroatoms. The molecule has 1 nitrogen and oxygen atoms in total. The van der Waals surface area contributed by atoms with E-state index in [1.807, 2.05) is 23.9 Å². The molecule has 0 aromatic heterocycles. The lowest BCUT2D eigenvalue weighted by molar-refractivity contribution is 0.618. The number of nitrogen functional groups attached to an aromatic ring is 1. The maximum Gasteiger partial charge on any atom is 0.150 e. The zero-order valence-corrected chi connectivity index (χ0v) is 10.2. The van der Waals surface area contributed by atoms with Crippen LogP contribution in [0.4, 0.5) is 10.1 Å². The number of halogens is 1. The quantitative estimate of drug-likeness (QED) is 0.808. The van der Waals surface area contributed by atoms with Gasteiger partial charge in [-0.05, 0) is 36.1 Å².